The van der Waals surface area contributed by atoms with Gasteiger partial charge >= 0.3 is 0 Å². The fourth-order valence-electron chi connectivity index (χ4n) is 1.48. The van der Waals surface area contributed by atoms with E-state index in [4.69, 9.17) is 0 Å². The monoisotopic (exact) mass is 188 g/mol. The van der Waals surface area contributed by atoms with E-state index in [1.165, 1.54) is 0 Å². The summed E-state index contributed by atoms with van der Waals surface area (Å²) >= 11 is 0. The normalized spacial score (nSPS) is 12.7. The van der Waals surface area contributed by atoms with Gasteiger partial charge in [-0.15, -0.1) is 0 Å². The lowest BCUT2D eigenvalue weighted by molar-refractivity contribution is 0.219. The summed E-state index contributed by atoms with van der Waals surface area (Å²) in [5.74, 6) is 0. The molecule has 72 valence electrons. The van der Waals surface area contributed by atoms with Crippen molar-refractivity contribution in [2.75, 3.05) is 0 Å². The Morgan fingerprint density at radius 3 is 2.79 bits per heavy atom. The number of nitrogens with one attached hydrogen (secondary N) is 1. The topological polar surface area (TPSA) is 48.9 Å². The van der Waals surface area contributed by atoms with Gasteiger partial charge in [0, 0.05) is 11.8 Å². The second kappa shape index (κ2) is 3.64. The fraction of sp³-hybridized carbons (Fsp3) is 0.182. The molecule has 1 atom stereocenters. The third-order valence-electron chi connectivity index (χ3n) is 2.32. The molecule has 1 aromatic heterocycles. The van der Waals surface area contributed by atoms with E-state index >= 15 is 0 Å². The maximum absolute atomic E-state index is 10.0. The van der Waals surface area contributed by atoms with Crippen molar-refractivity contribution in [3.63, 3.8) is 0 Å². The quantitative estimate of drug-likeness (QED) is 0.755. The summed E-state index contributed by atoms with van der Waals surface area (Å²) in [6.07, 6.45) is 2.75. The van der Waals surface area contributed by atoms with Crippen LogP contribution in [0, 0.1) is 6.92 Å². The van der Waals surface area contributed by atoms with Crippen LogP contribution in [0.1, 0.15) is 22.8 Å². The molecule has 0 aliphatic heterocycles. The number of aromatic amines is 1. The first kappa shape index (κ1) is 8.97. The van der Waals surface area contributed by atoms with E-state index in [1.807, 2.05) is 31.2 Å². The summed E-state index contributed by atoms with van der Waals surface area (Å²) < 4.78 is 0. The third-order valence-corrected chi connectivity index (χ3v) is 2.32. The molecule has 2 N–H and O–H groups in total. The van der Waals surface area contributed by atoms with E-state index in [0.29, 0.717) is 0 Å². The lowest BCUT2D eigenvalue weighted by atomic mass is 10.00. The van der Waals surface area contributed by atoms with Gasteiger partial charge in [-0.1, -0.05) is 24.3 Å². The molecular weight excluding hydrogens is 176 g/mol. The highest BCUT2D eigenvalue weighted by Crippen LogP contribution is 2.23. The van der Waals surface area contributed by atoms with E-state index in [0.717, 1.165) is 16.7 Å². The van der Waals surface area contributed by atoms with E-state index in [2.05, 4.69) is 10.2 Å². The van der Waals surface area contributed by atoms with Gasteiger partial charge in [0.1, 0.15) is 6.10 Å². The minimum Gasteiger partial charge on any atom is -0.384 e. The van der Waals surface area contributed by atoms with Gasteiger partial charge in [0.05, 0.1) is 6.20 Å². The molecule has 0 saturated heterocycles. The summed E-state index contributed by atoms with van der Waals surface area (Å²) in [7, 11) is 0. The first-order chi connectivity index (χ1) is 6.79. The molecule has 0 bridgehead atoms. The standard InChI is InChI=1S/C11H12N2O/c1-8-4-2-3-5-10(8)11(14)9-6-12-13-7-9/h2-7,11,14H,1H3,(H,12,13). The number of aryl methyl sites for hydroxylation is 1. The van der Waals surface area contributed by atoms with Gasteiger partial charge in [0.25, 0.3) is 0 Å². The Hall–Kier alpha value is -1.61. The number of aliphatic hydroxyl groups is 1. The molecule has 3 heteroatoms. The van der Waals surface area contributed by atoms with Crippen LogP contribution in [-0.2, 0) is 0 Å². The lowest BCUT2D eigenvalue weighted by Gasteiger charge is -2.11. The Morgan fingerprint density at radius 1 is 1.36 bits per heavy atom. The van der Waals surface area contributed by atoms with Crippen LogP contribution in [0.4, 0.5) is 0 Å². The van der Waals surface area contributed by atoms with Crippen LogP contribution in [-0.4, -0.2) is 15.3 Å². The van der Waals surface area contributed by atoms with Crippen molar-refractivity contribution in [2.45, 2.75) is 13.0 Å². The molecule has 0 amide bonds. The van der Waals surface area contributed by atoms with Gasteiger partial charge in [0.2, 0.25) is 0 Å². The van der Waals surface area contributed by atoms with Gasteiger partial charge in [-0.05, 0) is 18.1 Å². The number of nitrogens with zero attached hydrogens (tertiary/aromatic N) is 1. The Labute approximate surface area is 82.4 Å². The van der Waals surface area contributed by atoms with Crippen LogP contribution >= 0.6 is 0 Å². The Morgan fingerprint density at radius 2 is 2.14 bits per heavy atom. The van der Waals surface area contributed by atoms with Crippen molar-refractivity contribution in [3.8, 4) is 0 Å². The van der Waals surface area contributed by atoms with E-state index in [1.54, 1.807) is 12.4 Å². The molecule has 14 heavy (non-hydrogen) atoms. The van der Waals surface area contributed by atoms with Crippen molar-refractivity contribution in [2.24, 2.45) is 0 Å². The highest BCUT2D eigenvalue weighted by molar-refractivity contribution is 5.33. The average Bonchev–Trinajstić information content (AvgIpc) is 2.70. The van der Waals surface area contributed by atoms with Crippen molar-refractivity contribution < 1.29 is 5.11 Å². The van der Waals surface area contributed by atoms with Gasteiger partial charge in [-0.3, -0.25) is 5.10 Å². The Kier molecular flexibility index (Phi) is 2.33. The Bertz CT molecular complexity index is 409. The number of benzene rings is 1. The molecule has 0 aliphatic rings. The van der Waals surface area contributed by atoms with E-state index in [-0.39, 0.29) is 0 Å². The van der Waals surface area contributed by atoms with Crippen molar-refractivity contribution in [1.82, 2.24) is 10.2 Å². The predicted molar refractivity (Wildman–Crippen MR) is 53.8 cm³/mol. The van der Waals surface area contributed by atoms with Gasteiger partial charge in [0.15, 0.2) is 0 Å². The van der Waals surface area contributed by atoms with E-state index in [9.17, 15) is 5.11 Å². The van der Waals surface area contributed by atoms with Gasteiger partial charge in [-0.2, -0.15) is 5.10 Å². The molecule has 2 rings (SSSR count). The summed E-state index contributed by atoms with van der Waals surface area (Å²) in [6, 6.07) is 7.79. The molecule has 1 aromatic carbocycles. The number of H-pyrrole nitrogens is 1. The first-order valence-corrected chi connectivity index (χ1v) is 4.51. The van der Waals surface area contributed by atoms with Crippen LogP contribution in [0.15, 0.2) is 36.7 Å². The molecule has 2 aromatic rings. The number of hydrogen-bond donors (Lipinski definition) is 2. The summed E-state index contributed by atoms with van der Waals surface area (Å²) in [6.45, 7) is 1.98. The average molecular weight is 188 g/mol. The summed E-state index contributed by atoms with van der Waals surface area (Å²) in [5, 5.41) is 16.5. The minimum absolute atomic E-state index is 0.588. The van der Waals surface area contributed by atoms with Crippen LogP contribution < -0.4 is 0 Å². The molecule has 0 fully saturated rings. The van der Waals surface area contributed by atoms with Crippen LogP contribution in [0.3, 0.4) is 0 Å². The largest absolute Gasteiger partial charge is 0.384 e. The highest BCUT2D eigenvalue weighted by atomic mass is 16.3. The molecule has 1 unspecified atom stereocenters. The molecule has 0 radical (unpaired) electrons. The second-order valence-electron chi connectivity index (χ2n) is 3.29. The zero-order valence-corrected chi connectivity index (χ0v) is 7.94. The highest BCUT2D eigenvalue weighted by Gasteiger charge is 2.12. The van der Waals surface area contributed by atoms with Crippen LogP contribution in [0.2, 0.25) is 0 Å². The smallest absolute Gasteiger partial charge is 0.107 e. The molecule has 1 heterocycles. The zero-order chi connectivity index (χ0) is 9.97. The maximum atomic E-state index is 10.0. The third kappa shape index (κ3) is 1.54. The predicted octanol–water partition coefficient (Wildman–Crippen LogP) is 1.80. The first-order valence-electron chi connectivity index (χ1n) is 4.51. The number of aliphatic hydroxyl groups excluding tert-OH is 1. The number of aromatic nitrogens is 2. The van der Waals surface area contributed by atoms with Crippen molar-refractivity contribution in [3.05, 3.63) is 53.3 Å². The fourth-order valence-corrected chi connectivity index (χ4v) is 1.48. The molecule has 0 spiro atoms. The van der Waals surface area contributed by atoms with E-state index < -0.39 is 6.10 Å². The molecule has 0 aliphatic carbocycles. The zero-order valence-electron chi connectivity index (χ0n) is 7.94. The second-order valence-corrected chi connectivity index (χ2v) is 3.29. The lowest BCUT2D eigenvalue weighted by Crippen LogP contribution is -2.00. The Balaban J connectivity index is 2.37. The SMILES string of the molecule is Cc1ccccc1C(O)c1cn[nH]c1. The molecular formula is C11H12N2O. The van der Waals surface area contributed by atoms with Gasteiger partial charge < -0.3 is 5.11 Å². The van der Waals surface area contributed by atoms with Crippen LogP contribution in [0.25, 0.3) is 0 Å². The molecule has 0 saturated carbocycles. The van der Waals surface area contributed by atoms with Crippen LogP contribution in [0.5, 0.6) is 0 Å². The van der Waals surface area contributed by atoms with Crippen molar-refractivity contribution >= 4 is 0 Å². The number of rotatable bonds is 2. The number of hydrogen-bond acceptors (Lipinski definition) is 2. The summed E-state index contributed by atoms with van der Waals surface area (Å²) in [5.41, 5.74) is 2.80. The van der Waals surface area contributed by atoms with Gasteiger partial charge in [-0.25, -0.2) is 0 Å². The summed E-state index contributed by atoms with van der Waals surface area (Å²) in [4.78, 5) is 0. The molecule has 3 nitrogen and oxygen atoms in total. The maximum Gasteiger partial charge on any atom is 0.107 e. The minimum atomic E-state index is -0.588. The van der Waals surface area contributed by atoms with Crippen molar-refractivity contribution in [1.29, 1.82) is 0 Å².